The molecule has 1 aliphatic carbocycles. The van der Waals surface area contributed by atoms with Gasteiger partial charge in [-0.15, -0.1) is 0 Å². The number of rotatable bonds is 4. The number of hydrazone groups is 1. The summed E-state index contributed by atoms with van der Waals surface area (Å²) in [4.78, 5) is 15.7. The lowest BCUT2D eigenvalue weighted by Gasteiger charge is -2.24. The third-order valence-electron chi connectivity index (χ3n) is 5.97. The molecule has 0 atom stereocenters. The van der Waals surface area contributed by atoms with Crippen LogP contribution in [0, 0.1) is 11.3 Å². The first kappa shape index (κ1) is 21.4. The molecule has 9 heteroatoms. The van der Waals surface area contributed by atoms with Gasteiger partial charge in [0.15, 0.2) is 11.5 Å². The Hall–Kier alpha value is -3.47. The molecule has 166 valence electrons. The van der Waals surface area contributed by atoms with Gasteiger partial charge in [-0.1, -0.05) is 42.6 Å². The van der Waals surface area contributed by atoms with Crippen molar-refractivity contribution in [2.45, 2.75) is 31.6 Å². The maximum Gasteiger partial charge on any atom is 0.347 e. The molecule has 0 spiro atoms. The van der Waals surface area contributed by atoms with Crippen LogP contribution in [0.25, 0.3) is 10.9 Å². The molecule has 0 radical (unpaired) electrons. The molecule has 2 aliphatic rings. The Morgan fingerprint density at radius 1 is 1.18 bits per heavy atom. The lowest BCUT2D eigenvalue weighted by molar-refractivity contribution is 0.248. The van der Waals surface area contributed by atoms with Gasteiger partial charge in [0.2, 0.25) is 0 Å². The van der Waals surface area contributed by atoms with E-state index in [0.717, 1.165) is 15.9 Å². The van der Waals surface area contributed by atoms with E-state index in [2.05, 4.69) is 28.2 Å². The summed E-state index contributed by atoms with van der Waals surface area (Å²) in [7, 11) is 0. The Morgan fingerprint density at radius 2 is 1.91 bits per heavy atom. The summed E-state index contributed by atoms with van der Waals surface area (Å²) >= 11 is 13.0. The van der Waals surface area contributed by atoms with Crippen LogP contribution in [-0.4, -0.2) is 16.7 Å². The number of carbonyl (C=O) groups excluding carboxylic acids is 1. The number of benzene rings is 2. The van der Waals surface area contributed by atoms with E-state index in [-0.39, 0.29) is 27.2 Å². The van der Waals surface area contributed by atoms with Crippen molar-refractivity contribution in [3.8, 4) is 17.6 Å². The van der Waals surface area contributed by atoms with Crippen molar-refractivity contribution in [2.75, 3.05) is 5.01 Å². The van der Waals surface area contributed by atoms with Crippen molar-refractivity contribution in [1.29, 1.82) is 5.26 Å². The van der Waals surface area contributed by atoms with E-state index in [9.17, 15) is 10.1 Å². The molecule has 7 nitrogen and oxygen atoms in total. The molecule has 1 saturated carbocycles. The summed E-state index contributed by atoms with van der Waals surface area (Å²) in [6.45, 7) is 3.60. The SMILES string of the molecule is C=C1NC(=O)N(c2cc(Cl)c(Oc3ccc4[nH]cc(C5CCCC5)c4c3)c(Cl)c2)N=C1C#N. The number of ether oxygens (including phenoxy) is 1. The molecule has 0 bridgehead atoms. The number of anilines is 1. The predicted octanol–water partition coefficient (Wildman–Crippen LogP) is 6.85. The normalized spacial score (nSPS) is 16.6. The van der Waals surface area contributed by atoms with Gasteiger partial charge in [0, 0.05) is 17.1 Å². The van der Waals surface area contributed by atoms with Gasteiger partial charge in [0.05, 0.1) is 21.4 Å². The van der Waals surface area contributed by atoms with E-state index in [1.165, 1.54) is 43.4 Å². The molecule has 1 aromatic heterocycles. The first-order chi connectivity index (χ1) is 15.9. The van der Waals surface area contributed by atoms with Crippen molar-refractivity contribution < 1.29 is 9.53 Å². The van der Waals surface area contributed by atoms with Crippen LogP contribution >= 0.6 is 23.2 Å². The Kier molecular flexibility index (Phi) is 5.49. The standard InChI is InChI=1S/C24H19Cl2N5O2/c1-13-22(11-27)30-31(24(32)29-13)15-8-19(25)23(20(26)9-15)33-16-6-7-21-17(10-16)18(12-28-21)14-4-2-3-5-14/h6-10,12,14,28H,1-5H2,(H,29,32). The first-order valence-corrected chi connectivity index (χ1v) is 11.3. The van der Waals surface area contributed by atoms with E-state index in [0.29, 0.717) is 17.4 Å². The van der Waals surface area contributed by atoms with Gasteiger partial charge in [-0.25, -0.2) is 4.79 Å². The van der Waals surface area contributed by atoms with E-state index >= 15 is 0 Å². The van der Waals surface area contributed by atoms with Gasteiger partial charge in [0.25, 0.3) is 0 Å². The fourth-order valence-electron chi connectivity index (χ4n) is 4.36. The quantitative estimate of drug-likeness (QED) is 0.428. The molecule has 1 fully saturated rings. The van der Waals surface area contributed by atoms with Crippen molar-refractivity contribution in [3.63, 3.8) is 0 Å². The molecular formula is C24H19Cl2N5O2. The number of H-pyrrole nitrogens is 1. The van der Waals surface area contributed by atoms with Gasteiger partial charge in [-0.3, -0.25) is 0 Å². The molecular weight excluding hydrogens is 461 g/mol. The van der Waals surface area contributed by atoms with Crippen LogP contribution < -0.4 is 15.1 Å². The number of fused-ring (bicyclic) bond motifs is 1. The minimum Gasteiger partial charge on any atom is -0.454 e. The second-order valence-corrected chi connectivity index (χ2v) is 8.87. The van der Waals surface area contributed by atoms with Crippen LogP contribution in [0.2, 0.25) is 10.0 Å². The third-order valence-corrected chi connectivity index (χ3v) is 6.53. The molecule has 0 unspecified atom stereocenters. The summed E-state index contributed by atoms with van der Waals surface area (Å²) in [6, 6.07) is 10.1. The Bertz CT molecular complexity index is 1340. The number of nitriles is 1. The maximum atomic E-state index is 12.3. The summed E-state index contributed by atoms with van der Waals surface area (Å²) in [5.74, 6) is 1.44. The zero-order valence-electron chi connectivity index (χ0n) is 17.5. The number of hydrogen-bond acceptors (Lipinski definition) is 4. The van der Waals surface area contributed by atoms with E-state index < -0.39 is 6.03 Å². The number of hydrogen-bond donors (Lipinski definition) is 2. The van der Waals surface area contributed by atoms with Crippen molar-refractivity contribution in [2.24, 2.45) is 5.10 Å². The van der Waals surface area contributed by atoms with Gasteiger partial charge in [-0.05, 0) is 54.7 Å². The fourth-order valence-corrected chi connectivity index (χ4v) is 4.91. The minimum absolute atomic E-state index is 0.0138. The highest BCUT2D eigenvalue weighted by Gasteiger charge is 2.26. The first-order valence-electron chi connectivity index (χ1n) is 10.5. The van der Waals surface area contributed by atoms with Crippen molar-refractivity contribution in [1.82, 2.24) is 10.3 Å². The number of urea groups is 1. The average Bonchev–Trinajstić information content (AvgIpc) is 3.45. The molecule has 2 heterocycles. The van der Waals surface area contributed by atoms with Gasteiger partial charge < -0.3 is 15.0 Å². The van der Waals surface area contributed by atoms with Crippen LogP contribution in [-0.2, 0) is 0 Å². The van der Waals surface area contributed by atoms with E-state index in [1.807, 2.05) is 24.3 Å². The minimum atomic E-state index is -0.572. The second-order valence-electron chi connectivity index (χ2n) is 8.05. The van der Waals surface area contributed by atoms with E-state index in [4.69, 9.17) is 27.9 Å². The fraction of sp³-hybridized carbons (Fsp3) is 0.208. The molecule has 0 saturated heterocycles. The van der Waals surface area contributed by atoms with Crippen molar-refractivity contribution in [3.05, 3.63) is 64.4 Å². The van der Waals surface area contributed by atoms with Crippen LogP contribution in [0.15, 0.2) is 53.9 Å². The highest BCUT2D eigenvalue weighted by atomic mass is 35.5. The zero-order valence-corrected chi connectivity index (χ0v) is 19.0. The lowest BCUT2D eigenvalue weighted by atomic mass is 9.97. The summed E-state index contributed by atoms with van der Waals surface area (Å²) < 4.78 is 6.06. The van der Waals surface area contributed by atoms with Crippen LogP contribution in [0.1, 0.15) is 37.2 Å². The average molecular weight is 480 g/mol. The Balaban J connectivity index is 1.46. The number of aromatic amines is 1. The van der Waals surface area contributed by atoms with Crippen LogP contribution in [0.4, 0.5) is 10.5 Å². The molecule has 3 aromatic rings. The monoisotopic (exact) mass is 479 g/mol. The smallest absolute Gasteiger partial charge is 0.347 e. The largest absolute Gasteiger partial charge is 0.454 e. The molecule has 33 heavy (non-hydrogen) atoms. The highest BCUT2D eigenvalue weighted by Crippen LogP contribution is 2.42. The zero-order chi connectivity index (χ0) is 23.1. The number of amides is 2. The van der Waals surface area contributed by atoms with E-state index in [1.54, 1.807) is 0 Å². The van der Waals surface area contributed by atoms with Gasteiger partial charge in [-0.2, -0.15) is 15.4 Å². The van der Waals surface area contributed by atoms with Crippen molar-refractivity contribution >= 4 is 51.5 Å². The summed E-state index contributed by atoms with van der Waals surface area (Å²) in [6.07, 6.45) is 7.00. The molecule has 1 aliphatic heterocycles. The molecule has 2 N–H and O–H groups in total. The Morgan fingerprint density at radius 3 is 2.61 bits per heavy atom. The number of nitrogens with zero attached hydrogens (tertiary/aromatic N) is 3. The topological polar surface area (TPSA) is 93.5 Å². The highest BCUT2D eigenvalue weighted by molar-refractivity contribution is 6.37. The summed E-state index contributed by atoms with van der Waals surface area (Å²) in [5.41, 5.74) is 2.78. The number of halogens is 2. The Labute approximate surface area is 200 Å². The van der Waals surface area contributed by atoms with Crippen LogP contribution in [0.3, 0.4) is 0 Å². The maximum absolute atomic E-state index is 12.3. The summed E-state index contributed by atoms with van der Waals surface area (Å²) in [5, 5.41) is 18.2. The number of nitrogens with one attached hydrogen (secondary N) is 2. The second kappa shape index (κ2) is 8.47. The van der Waals surface area contributed by atoms with Gasteiger partial charge in [0.1, 0.15) is 11.8 Å². The molecule has 2 aromatic carbocycles. The number of allylic oxidation sites excluding steroid dienone is 1. The predicted molar refractivity (Wildman–Crippen MR) is 129 cm³/mol. The lowest BCUT2D eigenvalue weighted by Crippen LogP contribution is -2.42. The molecule has 5 rings (SSSR count). The molecule has 2 amide bonds. The van der Waals surface area contributed by atoms with Crippen LogP contribution in [0.5, 0.6) is 11.5 Å². The number of carbonyl (C=O) groups is 1. The number of aromatic nitrogens is 1. The van der Waals surface area contributed by atoms with Gasteiger partial charge >= 0.3 is 6.03 Å². The third kappa shape index (κ3) is 3.92.